The van der Waals surface area contributed by atoms with Crippen LogP contribution in [0, 0.1) is 18.7 Å². The summed E-state index contributed by atoms with van der Waals surface area (Å²) in [7, 11) is 0. The van der Waals surface area contributed by atoms with Crippen molar-refractivity contribution in [3.8, 4) is 5.75 Å². The van der Waals surface area contributed by atoms with Crippen LogP contribution < -0.4 is 10.1 Å². The first-order valence-corrected chi connectivity index (χ1v) is 14.7. The molecule has 6 rings (SSSR count). The molecule has 1 aliphatic carbocycles. The van der Waals surface area contributed by atoms with Crippen LogP contribution in [0.4, 0.5) is 4.39 Å². The first-order chi connectivity index (χ1) is 20.4. The van der Waals surface area contributed by atoms with Crippen molar-refractivity contribution in [3.05, 3.63) is 124 Å². The third-order valence-corrected chi connectivity index (χ3v) is 8.32. The van der Waals surface area contributed by atoms with Gasteiger partial charge in [-0.05, 0) is 84.8 Å². The summed E-state index contributed by atoms with van der Waals surface area (Å²) in [5.74, 6) is 1.08. The lowest BCUT2D eigenvalue weighted by Crippen LogP contribution is -2.43. The van der Waals surface area contributed by atoms with Gasteiger partial charge in [-0.1, -0.05) is 60.9 Å². The normalized spacial score (nSPS) is 16.7. The zero-order valence-electron chi connectivity index (χ0n) is 23.8. The van der Waals surface area contributed by atoms with E-state index < -0.39 is 0 Å². The SMILES string of the molecule is Cc1cccc(C2c3cc(OCc4ccc(C(=O)NCc5ccc(F)cc5)o4)ccc3CCN2C(=O)C2CCCC2)c1. The van der Waals surface area contributed by atoms with Gasteiger partial charge in [0, 0.05) is 19.0 Å². The van der Waals surface area contributed by atoms with Crippen molar-refractivity contribution in [2.75, 3.05) is 6.54 Å². The summed E-state index contributed by atoms with van der Waals surface area (Å²) in [4.78, 5) is 28.3. The first kappa shape index (κ1) is 27.8. The number of nitrogens with one attached hydrogen (secondary N) is 1. The first-order valence-electron chi connectivity index (χ1n) is 14.7. The Bertz CT molecular complexity index is 1570. The fourth-order valence-electron chi connectivity index (χ4n) is 6.13. The van der Waals surface area contributed by atoms with Crippen LogP contribution in [0.5, 0.6) is 5.75 Å². The van der Waals surface area contributed by atoms with Crippen LogP contribution in [0.3, 0.4) is 0 Å². The van der Waals surface area contributed by atoms with Gasteiger partial charge in [0.15, 0.2) is 5.76 Å². The maximum Gasteiger partial charge on any atom is 0.287 e. The molecule has 0 bridgehead atoms. The number of halogens is 1. The van der Waals surface area contributed by atoms with E-state index in [1.54, 1.807) is 24.3 Å². The van der Waals surface area contributed by atoms with Crippen LogP contribution in [0.1, 0.15) is 75.9 Å². The molecule has 1 fully saturated rings. The highest BCUT2D eigenvalue weighted by Crippen LogP contribution is 2.40. The van der Waals surface area contributed by atoms with Crippen molar-refractivity contribution in [2.45, 2.75) is 58.2 Å². The molecule has 216 valence electrons. The molecule has 0 radical (unpaired) electrons. The van der Waals surface area contributed by atoms with Gasteiger partial charge < -0.3 is 19.4 Å². The van der Waals surface area contributed by atoms with Gasteiger partial charge in [0.25, 0.3) is 5.91 Å². The fraction of sp³-hybridized carbons (Fsp3) is 0.314. The molecule has 3 aromatic carbocycles. The van der Waals surface area contributed by atoms with E-state index >= 15 is 0 Å². The van der Waals surface area contributed by atoms with Crippen LogP contribution in [0.2, 0.25) is 0 Å². The molecule has 6 nitrogen and oxygen atoms in total. The lowest BCUT2D eigenvalue weighted by molar-refractivity contribution is -0.137. The van der Waals surface area contributed by atoms with Crippen LogP contribution in [0.25, 0.3) is 0 Å². The van der Waals surface area contributed by atoms with Gasteiger partial charge in [0.2, 0.25) is 5.91 Å². The van der Waals surface area contributed by atoms with Crippen LogP contribution in [-0.4, -0.2) is 23.3 Å². The summed E-state index contributed by atoms with van der Waals surface area (Å²) in [5.41, 5.74) is 5.38. The Morgan fingerprint density at radius 1 is 1.00 bits per heavy atom. The van der Waals surface area contributed by atoms with Crippen molar-refractivity contribution >= 4 is 11.8 Å². The summed E-state index contributed by atoms with van der Waals surface area (Å²) in [6.07, 6.45) is 5.00. The van der Waals surface area contributed by atoms with E-state index in [9.17, 15) is 14.0 Å². The molecule has 2 amide bonds. The Kier molecular flexibility index (Phi) is 8.08. The molecule has 1 unspecified atom stereocenters. The lowest BCUT2D eigenvalue weighted by Gasteiger charge is -2.39. The number of hydrogen-bond donors (Lipinski definition) is 1. The fourth-order valence-corrected chi connectivity index (χ4v) is 6.13. The minimum absolute atomic E-state index is 0.110. The Hall–Kier alpha value is -4.39. The van der Waals surface area contributed by atoms with E-state index in [1.807, 2.05) is 6.07 Å². The summed E-state index contributed by atoms with van der Waals surface area (Å²) in [6, 6.07) is 23.7. The Labute approximate surface area is 245 Å². The number of amides is 2. The minimum atomic E-state index is -0.354. The molecule has 2 aliphatic rings. The topological polar surface area (TPSA) is 71.8 Å². The maximum absolute atomic E-state index is 13.7. The van der Waals surface area contributed by atoms with E-state index in [2.05, 4.69) is 53.5 Å². The van der Waals surface area contributed by atoms with Gasteiger partial charge in [-0.2, -0.15) is 0 Å². The number of hydrogen-bond acceptors (Lipinski definition) is 4. The molecule has 1 aromatic heterocycles. The number of carbonyl (C=O) groups is 2. The molecule has 4 aromatic rings. The summed E-state index contributed by atoms with van der Waals surface area (Å²) >= 11 is 0. The van der Waals surface area contributed by atoms with Crippen molar-refractivity contribution in [1.82, 2.24) is 10.2 Å². The van der Waals surface area contributed by atoms with Gasteiger partial charge in [-0.3, -0.25) is 9.59 Å². The van der Waals surface area contributed by atoms with E-state index in [0.29, 0.717) is 18.1 Å². The average molecular weight is 567 g/mol. The Balaban J connectivity index is 1.17. The van der Waals surface area contributed by atoms with E-state index in [0.717, 1.165) is 54.4 Å². The van der Waals surface area contributed by atoms with Crippen LogP contribution in [0.15, 0.2) is 83.3 Å². The molecule has 42 heavy (non-hydrogen) atoms. The molecule has 1 aliphatic heterocycles. The van der Waals surface area contributed by atoms with Crippen molar-refractivity contribution < 1.29 is 23.1 Å². The van der Waals surface area contributed by atoms with E-state index in [1.165, 1.54) is 17.7 Å². The monoisotopic (exact) mass is 566 g/mol. The predicted octanol–water partition coefficient (Wildman–Crippen LogP) is 6.90. The molecule has 2 heterocycles. The second-order valence-electron chi connectivity index (χ2n) is 11.3. The zero-order chi connectivity index (χ0) is 29.1. The molecule has 0 saturated heterocycles. The third-order valence-electron chi connectivity index (χ3n) is 8.32. The second-order valence-corrected chi connectivity index (χ2v) is 11.3. The molecule has 7 heteroatoms. The molecule has 1 atom stereocenters. The number of benzene rings is 3. The maximum atomic E-state index is 13.7. The van der Waals surface area contributed by atoms with E-state index in [4.69, 9.17) is 9.15 Å². The number of ether oxygens (including phenoxy) is 1. The van der Waals surface area contributed by atoms with Crippen molar-refractivity contribution in [2.24, 2.45) is 5.92 Å². The third kappa shape index (κ3) is 6.10. The van der Waals surface area contributed by atoms with Gasteiger partial charge in [0.05, 0.1) is 6.04 Å². The summed E-state index contributed by atoms with van der Waals surface area (Å²) in [6.45, 7) is 3.21. The summed E-state index contributed by atoms with van der Waals surface area (Å²) in [5, 5.41) is 2.79. The van der Waals surface area contributed by atoms with Gasteiger partial charge in [-0.15, -0.1) is 0 Å². The van der Waals surface area contributed by atoms with Gasteiger partial charge in [-0.25, -0.2) is 4.39 Å². The standard InChI is InChI=1S/C35H35FN2O4/c1-23-5-4-8-27(19-23)33-31-20-29(14-11-25(31)17-18-38(33)35(40)26-6-2-3-7-26)41-22-30-15-16-32(42-30)34(39)37-21-24-9-12-28(36)13-10-24/h4-5,8-16,19-20,26,33H,2-3,6-7,17-18,21-22H2,1H3,(H,37,39). The number of aryl methyl sites for hydroxylation is 1. The smallest absolute Gasteiger partial charge is 0.287 e. The van der Waals surface area contributed by atoms with Crippen LogP contribution >= 0.6 is 0 Å². The number of nitrogens with zero attached hydrogens (tertiary/aromatic N) is 1. The van der Waals surface area contributed by atoms with Crippen molar-refractivity contribution in [1.29, 1.82) is 0 Å². The van der Waals surface area contributed by atoms with E-state index in [-0.39, 0.29) is 48.5 Å². The Morgan fingerprint density at radius 2 is 1.81 bits per heavy atom. The highest BCUT2D eigenvalue weighted by Gasteiger charge is 2.36. The number of furan rings is 1. The second kappa shape index (κ2) is 12.2. The number of carbonyl (C=O) groups excluding carboxylic acids is 2. The minimum Gasteiger partial charge on any atom is -0.486 e. The number of rotatable bonds is 8. The van der Waals surface area contributed by atoms with Gasteiger partial charge in [0.1, 0.15) is 23.9 Å². The van der Waals surface area contributed by atoms with Crippen LogP contribution in [-0.2, 0) is 24.4 Å². The number of fused-ring (bicyclic) bond motifs is 1. The molecular weight excluding hydrogens is 531 g/mol. The lowest BCUT2D eigenvalue weighted by atomic mass is 9.86. The highest BCUT2D eigenvalue weighted by molar-refractivity contribution is 5.91. The summed E-state index contributed by atoms with van der Waals surface area (Å²) < 4.78 is 25.0. The predicted molar refractivity (Wildman–Crippen MR) is 157 cm³/mol. The Morgan fingerprint density at radius 3 is 2.60 bits per heavy atom. The largest absolute Gasteiger partial charge is 0.486 e. The quantitative estimate of drug-likeness (QED) is 0.252. The van der Waals surface area contributed by atoms with Crippen molar-refractivity contribution in [3.63, 3.8) is 0 Å². The molecule has 1 N–H and O–H groups in total. The zero-order valence-corrected chi connectivity index (χ0v) is 23.8. The highest BCUT2D eigenvalue weighted by atomic mass is 19.1. The average Bonchev–Trinajstić information content (AvgIpc) is 3.72. The molecule has 1 saturated carbocycles. The molecular formula is C35H35FN2O4. The van der Waals surface area contributed by atoms with Gasteiger partial charge >= 0.3 is 0 Å². The molecule has 0 spiro atoms.